The normalized spacial score (nSPS) is 40.2. The minimum atomic E-state index is -1.26. The zero-order valence-electron chi connectivity index (χ0n) is 26.0. The van der Waals surface area contributed by atoms with Crippen molar-refractivity contribution in [2.24, 2.45) is 52.3 Å². The van der Waals surface area contributed by atoms with Crippen molar-refractivity contribution in [2.45, 2.75) is 156 Å². The molecular formula is C33H64Si2. The second-order valence-electron chi connectivity index (χ2n) is 17.7. The predicted molar refractivity (Wildman–Crippen MR) is 162 cm³/mol. The number of hydrogen-bond donors (Lipinski definition) is 0. The third-order valence-corrected chi connectivity index (χ3v) is 34.4. The van der Waals surface area contributed by atoms with Gasteiger partial charge in [-0.3, -0.25) is 0 Å². The minimum Gasteiger partial charge on any atom is -0.0711 e. The first-order valence-corrected chi connectivity index (χ1v) is 23.2. The van der Waals surface area contributed by atoms with Crippen LogP contribution in [0.1, 0.15) is 119 Å². The summed E-state index contributed by atoms with van der Waals surface area (Å²) in [7, 11) is -2.44. The molecule has 4 aliphatic rings. The fraction of sp³-hybridized carbons (Fsp3) is 1.00. The van der Waals surface area contributed by atoms with Gasteiger partial charge in [-0.15, -0.1) is 0 Å². The maximum Gasteiger partial charge on any atom is 0.0451 e. The van der Waals surface area contributed by atoms with Gasteiger partial charge in [0.05, 0.1) is 0 Å². The summed E-state index contributed by atoms with van der Waals surface area (Å²) < 4.78 is 0. The molecule has 0 N–H and O–H groups in total. The van der Waals surface area contributed by atoms with Crippen molar-refractivity contribution < 1.29 is 0 Å². The molecule has 0 nitrogen and oxygen atoms in total. The Balaban J connectivity index is 1.59. The SMILES string of the molecule is CC1CC2C(C3CC(C(C)(C)C)CC(C(C)(C)C)C3)CCCC2C1[Si](C)(C)[Si](C)(C)C1CCCC1. The highest BCUT2D eigenvalue weighted by Crippen LogP contribution is 2.63. The van der Waals surface area contributed by atoms with E-state index < -0.39 is 15.2 Å². The molecule has 7 unspecified atom stereocenters. The monoisotopic (exact) mass is 516 g/mol. The van der Waals surface area contributed by atoms with Gasteiger partial charge in [-0.1, -0.05) is 113 Å². The Morgan fingerprint density at radius 1 is 0.543 bits per heavy atom. The highest BCUT2D eigenvalue weighted by Gasteiger charge is 2.59. The van der Waals surface area contributed by atoms with Crippen LogP contribution in [-0.4, -0.2) is 15.2 Å². The lowest BCUT2D eigenvalue weighted by Gasteiger charge is -2.53. The maximum absolute atomic E-state index is 2.91. The lowest BCUT2D eigenvalue weighted by molar-refractivity contribution is -0.000399. The molecule has 4 fully saturated rings. The number of hydrogen-bond acceptors (Lipinski definition) is 0. The van der Waals surface area contributed by atoms with E-state index in [0.717, 1.165) is 52.5 Å². The number of rotatable bonds is 4. The van der Waals surface area contributed by atoms with E-state index >= 15 is 0 Å². The molecule has 0 aromatic carbocycles. The smallest absolute Gasteiger partial charge is 0.0451 e. The van der Waals surface area contributed by atoms with Gasteiger partial charge >= 0.3 is 0 Å². The van der Waals surface area contributed by atoms with Crippen molar-refractivity contribution >= 4 is 15.2 Å². The maximum atomic E-state index is 2.91. The molecule has 0 heterocycles. The number of fused-ring (bicyclic) bond motifs is 1. The average Bonchev–Trinajstić information content (AvgIpc) is 3.39. The molecule has 0 saturated heterocycles. The quantitative estimate of drug-likeness (QED) is 0.326. The fourth-order valence-electron chi connectivity index (χ4n) is 10.7. The van der Waals surface area contributed by atoms with E-state index in [0.29, 0.717) is 10.8 Å². The van der Waals surface area contributed by atoms with Gasteiger partial charge in [-0.25, -0.2) is 0 Å². The minimum absolute atomic E-state index is 0.466. The Morgan fingerprint density at radius 3 is 1.57 bits per heavy atom. The summed E-state index contributed by atoms with van der Waals surface area (Å²) in [6.45, 7) is 29.6. The van der Waals surface area contributed by atoms with Crippen LogP contribution in [0.4, 0.5) is 0 Å². The van der Waals surface area contributed by atoms with E-state index in [1.807, 2.05) is 0 Å². The molecule has 0 bridgehead atoms. The van der Waals surface area contributed by atoms with Crippen LogP contribution >= 0.6 is 0 Å². The van der Waals surface area contributed by atoms with Gasteiger partial charge in [-0.2, -0.15) is 0 Å². The summed E-state index contributed by atoms with van der Waals surface area (Å²) in [5, 5.41) is 0. The largest absolute Gasteiger partial charge is 0.0711 e. The van der Waals surface area contributed by atoms with Crippen LogP contribution in [0.2, 0.25) is 37.3 Å². The zero-order valence-corrected chi connectivity index (χ0v) is 28.0. The summed E-state index contributed by atoms with van der Waals surface area (Å²) in [5.74, 6) is 7.02. The van der Waals surface area contributed by atoms with E-state index in [4.69, 9.17) is 0 Å². The third-order valence-electron chi connectivity index (χ3n) is 13.6. The first-order chi connectivity index (χ1) is 16.0. The Hall–Kier alpha value is 0.434. The summed E-state index contributed by atoms with van der Waals surface area (Å²) in [6, 6.07) is 0. The van der Waals surface area contributed by atoms with Gasteiger partial charge in [-0.05, 0) is 95.4 Å². The van der Waals surface area contributed by atoms with E-state index in [9.17, 15) is 0 Å². The highest BCUT2D eigenvalue weighted by molar-refractivity contribution is 7.41. The predicted octanol–water partition coefficient (Wildman–Crippen LogP) is 11.0. The van der Waals surface area contributed by atoms with Gasteiger partial charge in [0.1, 0.15) is 0 Å². The third kappa shape index (κ3) is 5.33. The second-order valence-corrected chi connectivity index (χ2v) is 33.8. The fourth-order valence-corrected chi connectivity index (χ4v) is 25.6. The molecule has 4 saturated carbocycles. The lowest BCUT2D eigenvalue weighted by atomic mass is 9.55. The molecule has 0 aromatic heterocycles. The molecule has 204 valence electrons. The van der Waals surface area contributed by atoms with Crippen molar-refractivity contribution in [3.8, 4) is 0 Å². The summed E-state index contributed by atoms with van der Waals surface area (Å²) in [4.78, 5) is 0. The molecule has 0 radical (unpaired) electrons. The molecule has 0 aromatic rings. The molecule has 7 atom stereocenters. The first kappa shape index (κ1) is 28.4. The molecule has 4 aliphatic carbocycles. The summed E-state index contributed by atoms with van der Waals surface area (Å²) >= 11 is 0. The van der Waals surface area contributed by atoms with Crippen LogP contribution in [-0.2, 0) is 0 Å². The average molecular weight is 517 g/mol. The van der Waals surface area contributed by atoms with E-state index in [1.54, 1.807) is 38.5 Å². The lowest BCUT2D eigenvalue weighted by Crippen LogP contribution is -2.62. The Kier molecular flexibility index (Phi) is 8.02. The van der Waals surface area contributed by atoms with Gasteiger partial charge in [0, 0.05) is 15.2 Å². The van der Waals surface area contributed by atoms with Gasteiger partial charge in [0.15, 0.2) is 0 Å². The van der Waals surface area contributed by atoms with Crippen molar-refractivity contribution in [3.63, 3.8) is 0 Å². The van der Waals surface area contributed by atoms with Crippen molar-refractivity contribution in [2.75, 3.05) is 0 Å². The van der Waals surface area contributed by atoms with Crippen LogP contribution in [0.15, 0.2) is 0 Å². The standard InChI is InChI=1S/C33H64Si2/c1-23-19-30-28(24-20-25(32(2,3)4)22-26(21-24)33(5,6)7)17-14-18-29(30)31(23)35(10,11)34(8,9)27-15-12-13-16-27/h23-31H,12-22H2,1-11H3. The highest BCUT2D eigenvalue weighted by atomic mass is 29.3. The molecule has 0 amide bonds. The molecule has 0 aliphatic heterocycles. The Bertz CT molecular complexity index is 694. The van der Waals surface area contributed by atoms with E-state index in [-0.39, 0.29) is 0 Å². The Labute approximate surface area is 223 Å². The molecular weight excluding hydrogens is 453 g/mol. The van der Waals surface area contributed by atoms with E-state index in [2.05, 4.69) is 74.7 Å². The van der Waals surface area contributed by atoms with Crippen LogP contribution in [0.5, 0.6) is 0 Å². The van der Waals surface area contributed by atoms with Crippen LogP contribution in [0.25, 0.3) is 0 Å². The molecule has 2 heteroatoms. The molecule has 35 heavy (non-hydrogen) atoms. The first-order valence-electron chi connectivity index (χ1n) is 16.0. The van der Waals surface area contributed by atoms with Crippen LogP contribution in [0.3, 0.4) is 0 Å². The summed E-state index contributed by atoms with van der Waals surface area (Å²) in [5.41, 5.74) is 3.20. The van der Waals surface area contributed by atoms with Gasteiger partial charge < -0.3 is 0 Å². The van der Waals surface area contributed by atoms with Gasteiger partial charge in [0.25, 0.3) is 0 Å². The van der Waals surface area contributed by atoms with Crippen molar-refractivity contribution in [1.82, 2.24) is 0 Å². The van der Waals surface area contributed by atoms with Crippen molar-refractivity contribution in [3.05, 3.63) is 0 Å². The van der Waals surface area contributed by atoms with Crippen molar-refractivity contribution in [1.29, 1.82) is 0 Å². The molecule has 4 rings (SSSR count). The van der Waals surface area contributed by atoms with Crippen LogP contribution in [0, 0.1) is 52.3 Å². The van der Waals surface area contributed by atoms with Gasteiger partial charge in [0.2, 0.25) is 0 Å². The van der Waals surface area contributed by atoms with E-state index in [1.165, 1.54) is 32.1 Å². The molecule has 0 spiro atoms. The topological polar surface area (TPSA) is 0 Å². The second kappa shape index (κ2) is 9.87. The zero-order chi connectivity index (χ0) is 26.0. The summed E-state index contributed by atoms with van der Waals surface area (Å²) in [6.07, 6.45) is 17.0. The van der Waals surface area contributed by atoms with Crippen LogP contribution < -0.4 is 0 Å². The Morgan fingerprint density at radius 2 is 1.06 bits per heavy atom.